The van der Waals surface area contributed by atoms with Gasteiger partial charge < -0.3 is 15.0 Å². The zero-order chi connectivity index (χ0) is 18.2. The Morgan fingerprint density at radius 3 is 2.44 bits per heavy atom. The topological polar surface area (TPSA) is 58.6 Å². The molecule has 0 atom stereocenters. The summed E-state index contributed by atoms with van der Waals surface area (Å²) in [4.78, 5) is 25.2. The van der Waals surface area contributed by atoms with Gasteiger partial charge >= 0.3 is 0 Å². The van der Waals surface area contributed by atoms with Crippen molar-refractivity contribution in [3.8, 4) is 5.75 Å². The van der Waals surface area contributed by atoms with Crippen molar-refractivity contribution < 1.29 is 14.3 Å². The second-order valence-electron chi connectivity index (χ2n) is 5.24. The first-order chi connectivity index (χ1) is 12.0. The molecule has 0 aromatic heterocycles. The van der Waals surface area contributed by atoms with Crippen LogP contribution in [0.2, 0.25) is 10.0 Å². The molecule has 7 heteroatoms. The highest BCUT2D eigenvalue weighted by Crippen LogP contribution is 2.19. The maximum absolute atomic E-state index is 11.8. The van der Waals surface area contributed by atoms with Crippen molar-refractivity contribution in [2.75, 3.05) is 24.6 Å². The van der Waals surface area contributed by atoms with Crippen LogP contribution < -0.4 is 15.0 Å². The van der Waals surface area contributed by atoms with Gasteiger partial charge in [-0.25, -0.2) is 0 Å². The number of hydrogen-bond donors (Lipinski definition) is 1. The number of carbonyl (C=O) groups is 2. The number of rotatable bonds is 7. The van der Waals surface area contributed by atoms with E-state index in [1.54, 1.807) is 53.4 Å². The summed E-state index contributed by atoms with van der Waals surface area (Å²) >= 11 is 11.7. The Hall–Kier alpha value is -2.24. The molecule has 25 heavy (non-hydrogen) atoms. The molecule has 132 valence electrons. The van der Waals surface area contributed by atoms with E-state index in [2.05, 4.69) is 5.32 Å². The third-order valence-corrected chi connectivity index (χ3v) is 3.83. The van der Waals surface area contributed by atoms with Crippen molar-refractivity contribution in [3.05, 3.63) is 58.6 Å². The third kappa shape index (κ3) is 6.29. The molecule has 0 unspecified atom stereocenters. The monoisotopic (exact) mass is 380 g/mol. The van der Waals surface area contributed by atoms with Gasteiger partial charge in [0.2, 0.25) is 5.91 Å². The molecule has 0 radical (unpaired) electrons. The Morgan fingerprint density at radius 2 is 1.80 bits per heavy atom. The van der Waals surface area contributed by atoms with Crippen molar-refractivity contribution in [1.29, 1.82) is 0 Å². The van der Waals surface area contributed by atoms with Gasteiger partial charge in [0.1, 0.15) is 5.75 Å². The summed E-state index contributed by atoms with van der Waals surface area (Å²) in [5.74, 6) is 0.155. The smallest absolute Gasteiger partial charge is 0.258 e. The Balaban J connectivity index is 1.80. The summed E-state index contributed by atoms with van der Waals surface area (Å²) in [5.41, 5.74) is 0.687. The quantitative estimate of drug-likeness (QED) is 0.798. The van der Waals surface area contributed by atoms with Gasteiger partial charge in [-0.05, 0) is 42.5 Å². The molecule has 0 heterocycles. The average Bonchev–Trinajstić information content (AvgIpc) is 2.58. The van der Waals surface area contributed by atoms with Gasteiger partial charge in [0.25, 0.3) is 5.91 Å². The van der Waals surface area contributed by atoms with Crippen LogP contribution in [0.4, 0.5) is 5.69 Å². The zero-order valence-electron chi connectivity index (χ0n) is 13.7. The van der Waals surface area contributed by atoms with Crippen molar-refractivity contribution in [3.63, 3.8) is 0 Å². The van der Waals surface area contributed by atoms with Crippen LogP contribution in [-0.4, -0.2) is 31.5 Å². The lowest BCUT2D eigenvalue weighted by Crippen LogP contribution is -2.39. The summed E-state index contributed by atoms with van der Waals surface area (Å²) in [5, 5.41) is 3.86. The summed E-state index contributed by atoms with van der Waals surface area (Å²) in [6.07, 6.45) is 0. The van der Waals surface area contributed by atoms with Crippen LogP contribution in [0.15, 0.2) is 48.5 Å². The maximum Gasteiger partial charge on any atom is 0.258 e. The van der Waals surface area contributed by atoms with Crippen LogP contribution >= 0.6 is 23.2 Å². The highest BCUT2D eigenvalue weighted by Gasteiger charge is 2.12. The van der Waals surface area contributed by atoms with E-state index in [9.17, 15) is 9.59 Å². The molecule has 0 saturated carbocycles. The Labute approximate surface area is 156 Å². The van der Waals surface area contributed by atoms with Gasteiger partial charge in [0, 0.05) is 35.7 Å². The third-order valence-electron chi connectivity index (χ3n) is 3.34. The molecular weight excluding hydrogens is 363 g/mol. The summed E-state index contributed by atoms with van der Waals surface area (Å²) in [6.45, 7) is 1.99. The molecule has 0 spiro atoms. The molecule has 5 nitrogen and oxygen atoms in total. The molecule has 2 rings (SSSR count). The second kappa shape index (κ2) is 9.30. The van der Waals surface area contributed by atoms with Crippen molar-refractivity contribution >= 4 is 40.7 Å². The van der Waals surface area contributed by atoms with Crippen LogP contribution in [0.1, 0.15) is 6.92 Å². The predicted molar refractivity (Wildman–Crippen MR) is 99.4 cm³/mol. The number of benzene rings is 2. The minimum Gasteiger partial charge on any atom is -0.484 e. The van der Waals surface area contributed by atoms with Crippen molar-refractivity contribution in [2.24, 2.45) is 0 Å². The lowest BCUT2D eigenvalue weighted by molar-refractivity contribution is -0.123. The highest BCUT2D eigenvalue weighted by molar-refractivity contribution is 6.31. The van der Waals surface area contributed by atoms with E-state index in [0.29, 0.717) is 34.6 Å². The second-order valence-corrected chi connectivity index (χ2v) is 6.12. The maximum atomic E-state index is 11.8. The predicted octanol–water partition coefficient (Wildman–Crippen LogP) is 3.54. The van der Waals surface area contributed by atoms with Gasteiger partial charge in [-0.15, -0.1) is 0 Å². The summed E-state index contributed by atoms with van der Waals surface area (Å²) in [7, 11) is 0. The summed E-state index contributed by atoms with van der Waals surface area (Å²) < 4.78 is 5.36. The van der Waals surface area contributed by atoms with E-state index in [1.807, 2.05) is 0 Å². The Morgan fingerprint density at radius 1 is 1.08 bits per heavy atom. The van der Waals surface area contributed by atoms with Gasteiger partial charge in [0.05, 0.1) is 0 Å². The van der Waals surface area contributed by atoms with Gasteiger partial charge in [-0.1, -0.05) is 29.3 Å². The van der Waals surface area contributed by atoms with E-state index < -0.39 is 0 Å². The first-order valence-electron chi connectivity index (χ1n) is 7.64. The van der Waals surface area contributed by atoms with Crippen LogP contribution in [0.3, 0.4) is 0 Å². The number of nitrogens with zero attached hydrogens (tertiary/aromatic N) is 1. The SMILES string of the molecule is CC(=O)N(CCNC(=O)COc1ccc(Cl)cc1)c1cccc(Cl)c1. The van der Waals surface area contributed by atoms with Crippen molar-refractivity contribution in [1.82, 2.24) is 5.32 Å². The van der Waals surface area contributed by atoms with E-state index in [4.69, 9.17) is 27.9 Å². The first-order valence-corrected chi connectivity index (χ1v) is 8.40. The zero-order valence-corrected chi connectivity index (χ0v) is 15.2. The average molecular weight is 381 g/mol. The van der Waals surface area contributed by atoms with E-state index in [1.165, 1.54) is 6.92 Å². The van der Waals surface area contributed by atoms with Gasteiger partial charge in [-0.3, -0.25) is 9.59 Å². The molecule has 0 aliphatic carbocycles. The van der Waals surface area contributed by atoms with E-state index >= 15 is 0 Å². The molecule has 0 aliphatic rings. The molecule has 0 aliphatic heterocycles. The fraction of sp³-hybridized carbons (Fsp3) is 0.222. The lowest BCUT2D eigenvalue weighted by atomic mass is 10.3. The molecule has 2 amide bonds. The number of hydrogen-bond acceptors (Lipinski definition) is 3. The van der Waals surface area contributed by atoms with Crippen LogP contribution in [-0.2, 0) is 9.59 Å². The minimum absolute atomic E-state index is 0.112. The number of carbonyl (C=O) groups excluding carboxylic acids is 2. The number of halogens is 2. The standard InChI is InChI=1S/C18H18Cl2N2O3/c1-13(23)22(16-4-2-3-15(20)11-16)10-9-21-18(24)12-25-17-7-5-14(19)6-8-17/h2-8,11H,9-10,12H2,1H3,(H,21,24). The number of nitrogens with one attached hydrogen (secondary N) is 1. The lowest BCUT2D eigenvalue weighted by Gasteiger charge is -2.21. The normalized spacial score (nSPS) is 10.2. The summed E-state index contributed by atoms with van der Waals surface area (Å²) in [6, 6.07) is 13.7. The highest BCUT2D eigenvalue weighted by atomic mass is 35.5. The fourth-order valence-corrected chi connectivity index (χ4v) is 2.46. The minimum atomic E-state index is -0.274. The first kappa shape index (κ1) is 19.1. The van der Waals surface area contributed by atoms with E-state index in [-0.39, 0.29) is 18.4 Å². The number of ether oxygens (including phenoxy) is 1. The molecule has 0 saturated heterocycles. The van der Waals surface area contributed by atoms with Gasteiger partial charge in [-0.2, -0.15) is 0 Å². The number of amides is 2. The molecule has 0 fully saturated rings. The molecule has 1 N–H and O–H groups in total. The largest absolute Gasteiger partial charge is 0.484 e. The number of anilines is 1. The molecule has 2 aromatic rings. The van der Waals surface area contributed by atoms with Gasteiger partial charge in [0.15, 0.2) is 6.61 Å². The van der Waals surface area contributed by atoms with Crippen LogP contribution in [0.25, 0.3) is 0 Å². The molecule has 0 bridgehead atoms. The van der Waals surface area contributed by atoms with Crippen molar-refractivity contribution in [2.45, 2.75) is 6.92 Å². The van der Waals surface area contributed by atoms with Crippen LogP contribution in [0.5, 0.6) is 5.75 Å². The molecule has 2 aromatic carbocycles. The molecular formula is C18H18Cl2N2O3. The Bertz CT molecular complexity index is 735. The van der Waals surface area contributed by atoms with E-state index in [0.717, 1.165) is 0 Å². The Kier molecular flexibility index (Phi) is 7.10. The van der Waals surface area contributed by atoms with Crippen LogP contribution in [0, 0.1) is 0 Å². The fourth-order valence-electron chi connectivity index (χ4n) is 2.15.